The Kier molecular flexibility index (Phi) is 2.22. The van der Waals surface area contributed by atoms with E-state index in [4.69, 9.17) is 0 Å². The number of nitrogens with one attached hydrogen (secondary N) is 1. The highest BCUT2D eigenvalue weighted by molar-refractivity contribution is 7.16. The SMILES string of the molecule is CCC1(c2nn3c(C)nnc3s2)CCCN1. The van der Waals surface area contributed by atoms with Crippen LogP contribution in [0.25, 0.3) is 4.96 Å². The van der Waals surface area contributed by atoms with Crippen LogP contribution in [0, 0.1) is 6.92 Å². The van der Waals surface area contributed by atoms with Gasteiger partial charge >= 0.3 is 0 Å². The third-order valence-corrected chi connectivity index (χ3v) is 4.51. The molecule has 5 nitrogen and oxygen atoms in total. The number of hydrogen-bond acceptors (Lipinski definition) is 5. The molecule has 1 aliphatic rings. The lowest BCUT2D eigenvalue weighted by atomic mass is 9.95. The predicted octanol–water partition coefficient (Wildman–Crippen LogP) is 1.48. The summed E-state index contributed by atoms with van der Waals surface area (Å²) in [7, 11) is 0. The molecule has 1 fully saturated rings. The zero-order valence-corrected chi connectivity index (χ0v) is 10.3. The summed E-state index contributed by atoms with van der Waals surface area (Å²) >= 11 is 1.65. The summed E-state index contributed by atoms with van der Waals surface area (Å²) < 4.78 is 1.84. The molecule has 3 heterocycles. The Morgan fingerprint density at radius 3 is 3.00 bits per heavy atom. The normalized spacial score (nSPS) is 25.6. The fourth-order valence-electron chi connectivity index (χ4n) is 2.35. The van der Waals surface area contributed by atoms with Crippen LogP contribution in [-0.4, -0.2) is 26.4 Å². The monoisotopic (exact) mass is 237 g/mol. The van der Waals surface area contributed by atoms with Gasteiger partial charge in [0, 0.05) is 0 Å². The Morgan fingerprint density at radius 2 is 2.38 bits per heavy atom. The summed E-state index contributed by atoms with van der Waals surface area (Å²) in [5.74, 6) is 0.863. The summed E-state index contributed by atoms with van der Waals surface area (Å²) in [5.41, 5.74) is 0.0812. The average Bonchev–Trinajstić information content (AvgIpc) is 2.96. The zero-order chi connectivity index (χ0) is 11.2. The third kappa shape index (κ3) is 1.29. The van der Waals surface area contributed by atoms with Gasteiger partial charge in [-0.2, -0.15) is 9.61 Å². The van der Waals surface area contributed by atoms with Gasteiger partial charge in [-0.05, 0) is 32.7 Å². The highest BCUT2D eigenvalue weighted by atomic mass is 32.1. The van der Waals surface area contributed by atoms with Crippen molar-refractivity contribution in [3.8, 4) is 0 Å². The molecule has 1 aliphatic heterocycles. The van der Waals surface area contributed by atoms with Crippen LogP contribution in [0.15, 0.2) is 0 Å². The maximum absolute atomic E-state index is 4.64. The van der Waals surface area contributed by atoms with Gasteiger partial charge in [0.25, 0.3) is 0 Å². The van der Waals surface area contributed by atoms with E-state index in [1.165, 1.54) is 12.8 Å². The summed E-state index contributed by atoms with van der Waals surface area (Å²) in [4.78, 5) is 0.897. The fourth-order valence-corrected chi connectivity index (χ4v) is 3.50. The van der Waals surface area contributed by atoms with E-state index in [2.05, 4.69) is 27.5 Å². The quantitative estimate of drug-likeness (QED) is 0.859. The molecule has 0 radical (unpaired) electrons. The molecule has 0 spiro atoms. The predicted molar refractivity (Wildman–Crippen MR) is 62.6 cm³/mol. The lowest BCUT2D eigenvalue weighted by molar-refractivity contribution is 0.370. The topological polar surface area (TPSA) is 55.1 Å². The first-order valence-corrected chi connectivity index (χ1v) is 6.51. The summed E-state index contributed by atoms with van der Waals surface area (Å²) in [6.07, 6.45) is 3.48. The van der Waals surface area contributed by atoms with Crippen LogP contribution in [0.1, 0.15) is 37.0 Å². The number of hydrogen-bond donors (Lipinski definition) is 1. The van der Waals surface area contributed by atoms with Gasteiger partial charge in [-0.15, -0.1) is 10.2 Å². The van der Waals surface area contributed by atoms with Crippen LogP contribution in [0.2, 0.25) is 0 Å². The standard InChI is InChI=1S/C10H15N5S/c1-3-10(5-4-6-11-10)8-14-15-7(2)12-13-9(15)16-8/h11H,3-6H2,1-2H3. The van der Waals surface area contributed by atoms with Crippen molar-refractivity contribution < 1.29 is 0 Å². The van der Waals surface area contributed by atoms with Gasteiger partial charge in [0.15, 0.2) is 5.82 Å². The molecule has 2 aromatic heterocycles. The van der Waals surface area contributed by atoms with E-state index >= 15 is 0 Å². The van der Waals surface area contributed by atoms with Crippen LogP contribution in [0.5, 0.6) is 0 Å². The lowest BCUT2D eigenvalue weighted by Gasteiger charge is -2.24. The molecule has 0 saturated carbocycles. The van der Waals surface area contributed by atoms with E-state index in [1.807, 2.05) is 11.4 Å². The molecular formula is C10H15N5S. The second-order valence-electron chi connectivity index (χ2n) is 4.31. The lowest BCUT2D eigenvalue weighted by Crippen LogP contribution is -2.36. The van der Waals surface area contributed by atoms with E-state index in [9.17, 15) is 0 Å². The Labute approximate surface area is 97.9 Å². The molecule has 0 amide bonds. The first-order chi connectivity index (χ1) is 7.75. The molecule has 1 atom stereocenters. The zero-order valence-electron chi connectivity index (χ0n) is 9.53. The van der Waals surface area contributed by atoms with Crippen molar-refractivity contribution in [2.45, 2.75) is 38.6 Å². The smallest absolute Gasteiger partial charge is 0.234 e. The minimum absolute atomic E-state index is 0.0812. The molecule has 16 heavy (non-hydrogen) atoms. The molecule has 1 saturated heterocycles. The highest BCUT2D eigenvalue weighted by Crippen LogP contribution is 2.36. The highest BCUT2D eigenvalue weighted by Gasteiger charge is 2.37. The fraction of sp³-hybridized carbons (Fsp3) is 0.700. The molecule has 1 N–H and O–H groups in total. The number of nitrogens with zero attached hydrogens (tertiary/aromatic N) is 4. The molecular weight excluding hydrogens is 222 g/mol. The number of fused-ring (bicyclic) bond motifs is 1. The van der Waals surface area contributed by atoms with Gasteiger partial charge in [0.05, 0.1) is 5.54 Å². The van der Waals surface area contributed by atoms with E-state index < -0.39 is 0 Å². The first kappa shape index (κ1) is 10.2. The summed E-state index contributed by atoms with van der Waals surface area (Å²) in [6, 6.07) is 0. The summed E-state index contributed by atoms with van der Waals surface area (Å²) in [6.45, 7) is 5.24. The third-order valence-electron chi connectivity index (χ3n) is 3.40. The van der Waals surface area contributed by atoms with Crippen LogP contribution >= 0.6 is 11.3 Å². The molecule has 3 rings (SSSR count). The molecule has 86 valence electrons. The van der Waals surface area contributed by atoms with Crippen LogP contribution in [0.4, 0.5) is 0 Å². The van der Waals surface area contributed by atoms with Gasteiger partial charge in [-0.3, -0.25) is 0 Å². The maximum atomic E-state index is 4.64. The van der Waals surface area contributed by atoms with Crippen molar-refractivity contribution in [1.82, 2.24) is 25.1 Å². The van der Waals surface area contributed by atoms with Crippen LogP contribution in [-0.2, 0) is 5.54 Å². The number of rotatable bonds is 2. The van der Waals surface area contributed by atoms with Crippen molar-refractivity contribution in [3.63, 3.8) is 0 Å². The van der Waals surface area contributed by atoms with Gasteiger partial charge in [-0.25, -0.2) is 0 Å². The Bertz CT molecular complexity index is 508. The van der Waals surface area contributed by atoms with Crippen molar-refractivity contribution >= 4 is 16.3 Å². The second kappa shape index (κ2) is 3.49. The molecule has 2 aromatic rings. The number of aryl methyl sites for hydroxylation is 1. The minimum Gasteiger partial charge on any atom is -0.305 e. The van der Waals surface area contributed by atoms with Crippen molar-refractivity contribution in [2.75, 3.05) is 6.54 Å². The van der Waals surface area contributed by atoms with Crippen molar-refractivity contribution in [1.29, 1.82) is 0 Å². The molecule has 0 aliphatic carbocycles. The Morgan fingerprint density at radius 1 is 1.50 bits per heavy atom. The molecule has 0 bridgehead atoms. The van der Waals surface area contributed by atoms with Gasteiger partial charge in [0.2, 0.25) is 4.96 Å². The second-order valence-corrected chi connectivity index (χ2v) is 5.27. The molecule has 0 aromatic carbocycles. The first-order valence-electron chi connectivity index (χ1n) is 5.69. The van der Waals surface area contributed by atoms with Crippen LogP contribution < -0.4 is 5.32 Å². The Balaban J connectivity index is 2.10. The summed E-state index contributed by atoms with van der Waals surface area (Å²) in [5, 5.41) is 17.5. The minimum atomic E-state index is 0.0812. The molecule has 6 heteroatoms. The maximum Gasteiger partial charge on any atom is 0.234 e. The van der Waals surface area contributed by atoms with Crippen molar-refractivity contribution in [2.24, 2.45) is 0 Å². The van der Waals surface area contributed by atoms with Crippen molar-refractivity contribution in [3.05, 3.63) is 10.8 Å². The van der Waals surface area contributed by atoms with E-state index in [-0.39, 0.29) is 5.54 Å². The Hall–Kier alpha value is -1.01. The van der Waals surface area contributed by atoms with E-state index in [0.717, 1.165) is 28.8 Å². The molecule has 1 unspecified atom stereocenters. The van der Waals surface area contributed by atoms with Gasteiger partial charge in [0.1, 0.15) is 5.01 Å². The number of aromatic nitrogens is 4. The van der Waals surface area contributed by atoms with E-state index in [0.29, 0.717) is 0 Å². The average molecular weight is 237 g/mol. The van der Waals surface area contributed by atoms with Crippen LogP contribution in [0.3, 0.4) is 0 Å². The largest absolute Gasteiger partial charge is 0.305 e. The van der Waals surface area contributed by atoms with Gasteiger partial charge in [-0.1, -0.05) is 18.3 Å². The van der Waals surface area contributed by atoms with E-state index in [1.54, 1.807) is 11.3 Å². The van der Waals surface area contributed by atoms with Gasteiger partial charge < -0.3 is 5.32 Å².